The van der Waals surface area contributed by atoms with Crippen LogP contribution in [0.2, 0.25) is 10.0 Å². The summed E-state index contributed by atoms with van der Waals surface area (Å²) in [5.41, 5.74) is 4.64. The summed E-state index contributed by atoms with van der Waals surface area (Å²) in [4.78, 5) is 4.58. The van der Waals surface area contributed by atoms with Crippen LogP contribution in [-0.2, 0) is 0 Å². The molecule has 3 rings (SSSR count). The molecule has 0 aliphatic rings. The van der Waals surface area contributed by atoms with Crippen molar-refractivity contribution in [2.45, 2.75) is 6.92 Å². The molecule has 0 fully saturated rings. The Balaban J connectivity index is 1.89. The first-order valence-electron chi connectivity index (χ1n) is 7.32. The third-order valence-electron chi connectivity index (χ3n) is 3.65. The highest BCUT2D eigenvalue weighted by Gasteiger charge is 2.12. The first-order valence-corrected chi connectivity index (χ1v) is 8.49. The second-order valence-electron chi connectivity index (χ2n) is 5.32. The van der Waals surface area contributed by atoms with Crippen LogP contribution in [0, 0.1) is 6.92 Å². The molecule has 0 aliphatic heterocycles. The van der Waals surface area contributed by atoms with E-state index in [1.54, 1.807) is 18.5 Å². The molecule has 0 unspecified atom stereocenters. The number of halogens is 2. The van der Waals surface area contributed by atoms with Gasteiger partial charge in [0.1, 0.15) is 0 Å². The summed E-state index contributed by atoms with van der Waals surface area (Å²) in [5.74, 6) is 0. The van der Waals surface area contributed by atoms with Gasteiger partial charge in [0.2, 0.25) is 0 Å². The van der Waals surface area contributed by atoms with Crippen LogP contribution in [-0.4, -0.2) is 9.85 Å². The van der Waals surface area contributed by atoms with Crippen molar-refractivity contribution in [1.29, 1.82) is 0 Å². The Bertz CT molecular complexity index is 909. The molecule has 0 bridgehead atoms. The Morgan fingerprint density at radius 2 is 1.75 bits per heavy atom. The molecule has 0 spiro atoms. The lowest BCUT2D eigenvalue weighted by atomic mass is 10.0. The Labute approximate surface area is 156 Å². The third kappa shape index (κ3) is 3.59. The van der Waals surface area contributed by atoms with Gasteiger partial charge in [-0.1, -0.05) is 53.6 Å². The molecule has 0 radical (unpaired) electrons. The van der Waals surface area contributed by atoms with E-state index in [4.69, 9.17) is 35.4 Å². The van der Waals surface area contributed by atoms with Gasteiger partial charge < -0.3 is 5.32 Å². The molecule has 2 aromatic carbocycles. The van der Waals surface area contributed by atoms with E-state index in [0.717, 1.165) is 28.1 Å². The summed E-state index contributed by atoms with van der Waals surface area (Å²) in [6.45, 7) is 2.05. The van der Waals surface area contributed by atoms with Gasteiger partial charge in [0.15, 0.2) is 0 Å². The second kappa shape index (κ2) is 7.31. The van der Waals surface area contributed by atoms with Crippen LogP contribution in [0.5, 0.6) is 0 Å². The molecule has 3 aromatic rings. The van der Waals surface area contributed by atoms with Crippen LogP contribution in [0.1, 0.15) is 16.7 Å². The number of nitrogens with one attached hydrogen (secondary N) is 1. The van der Waals surface area contributed by atoms with Crippen molar-refractivity contribution >= 4 is 51.7 Å². The molecule has 1 heterocycles. The van der Waals surface area contributed by atoms with Crippen LogP contribution >= 0.6 is 35.4 Å². The van der Waals surface area contributed by atoms with Gasteiger partial charge in [-0.05, 0) is 42.8 Å². The van der Waals surface area contributed by atoms with Crippen molar-refractivity contribution in [3.8, 4) is 0 Å². The van der Waals surface area contributed by atoms with Gasteiger partial charge in [0.25, 0.3) is 0 Å². The molecule has 120 valence electrons. The number of pyridine rings is 1. The fraction of sp³-hybridized carbons (Fsp3) is 0.0526. The predicted molar refractivity (Wildman–Crippen MR) is 106 cm³/mol. The molecule has 0 atom stereocenters. The molecule has 0 aliphatic carbocycles. The smallest absolute Gasteiger partial charge is 0.0676 e. The van der Waals surface area contributed by atoms with E-state index in [-0.39, 0.29) is 0 Å². The summed E-state index contributed by atoms with van der Waals surface area (Å²) in [6.07, 6.45) is 3.24. The Hall–Kier alpha value is -1.94. The standard InChI is InChI=1S/C19H14Cl2N2S/c1-12-4-2-3-5-18(12)23-13-6-7-14(16(20)10-13)19(24)15-8-9-22-11-17(15)21/h2-11,23H,1H3. The first-order chi connectivity index (χ1) is 11.6. The minimum atomic E-state index is 0.515. The maximum atomic E-state index is 6.45. The monoisotopic (exact) mass is 372 g/mol. The molecule has 1 N–H and O–H groups in total. The van der Waals surface area contributed by atoms with Crippen molar-refractivity contribution < 1.29 is 0 Å². The SMILES string of the molecule is Cc1ccccc1Nc1ccc(C(=S)c2ccncc2Cl)c(Cl)c1. The maximum absolute atomic E-state index is 6.45. The highest BCUT2D eigenvalue weighted by atomic mass is 35.5. The molecule has 5 heteroatoms. The van der Waals surface area contributed by atoms with E-state index in [1.165, 1.54) is 0 Å². The summed E-state index contributed by atoms with van der Waals surface area (Å²) < 4.78 is 0. The average Bonchev–Trinajstić information content (AvgIpc) is 2.57. The molecule has 24 heavy (non-hydrogen) atoms. The fourth-order valence-corrected chi connectivity index (χ4v) is 3.31. The minimum absolute atomic E-state index is 0.515. The Morgan fingerprint density at radius 3 is 2.46 bits per heavy atom. The summed E-state index contributed by atoms with van der Waals surface area (Å²) >= 11 is 18.2. The van der Waals surface area contributed by atoms with Crippen molar-refractivity contribution in [2.24, 2.45) is 0 Å². The fourth-order valence-electron chi connectivity index (χ4n) is 2.35. The van der Waals surface area contributed by atoms with Crippen LogP contribution in [0.3, 0.4) is 0 Å². The lowest BCUT2D eigenvalue weighted by molar-refractivity contribution is 1.32. The topological polar surface area (TPSA) is 24.9 Å². The van der Waals surface area contributed by atoms with E-state index in [1.807, 2.05) is 36.4 Å². The Morgan fingerprint density at radius 1 is 1.00 bits per heavy atom. The van der Waals surface area contributed by atoms with Crippen molar-refractivity contribution in [3.05, 3.63) is 87.7 Å². The number of hydrogen-bond acceptors (Lipinski definition) is 3. The van der Waals surface area contributed by atoms with Crippen LogP contribution in [0.4, 0.5) is 11.4 Å². The number of benzene rings is 2. The highest BCUT2D eigenvalue weighted by Crippen LogP contribution is 2.28. The van der Waals surface area contributed by atoms with Crippen molar-refractivity contribution in [1.82, 2.24) is 4.98 Å². The number of nitrogens with zero attached hydrogens (tertiary/aromatic N) is 1. The molecular weight excluding hydrogens is 359 g/mol. The molecule has 0 saturated heterocycles. The lowest BCUT2D eigenvalue weighted by Crippen LogP contribution is -2.02. The summed E-state index contributed by atoms with van der Waals surface area (Å²) in [6, 6.07) is 15.6. The van der Waals surface area contributed by atoms with E-state index in [0.29, 0.717) is 14.9 Å². The normalized spacial score (nSPS) is 10.5. The van der Waals surface area contributed by atoms with Crippen LogP contribution in [0.15, 0.2) is 60.9 Å². The minimum Gasteiger partial charge on any atom is -0.355 e. The molecule has 0 amide bonds. The van der Waals surface area contributed by atoms with Gasteiger partial charge in [-0.2, -0.15) is 0 Å². The number of thiocarbonyl (C=S) groups is 1. The Kier molecular flexibility index (Phi) is 5.14. The predicted octanol–water partition coefficient (Wildman–Crippen LogP) is 6.21. The zero-order valence-electron chi connectivity index (χ0n) is 12.9. The number of anilines is 2. The van der Waals surface area contributed by atoms with Gasteiger partial charge in [-0.15, -0.1) is 0 Å². The quantitative estimate of drug-likeness (QED) is 0.435. The van der Waals surface area contributed by atoms with Gasteiger partial charge in [-0.25, -0.2) is 0 Å². The zero-order chi connectivity index (χ0) is 17.1. The largest absolute Gasteiger partial charge is 0.355 e. The van der Waals surface area contributed by atoms with E-state index in [9.17, 15) is 0 Å². The molecule has 2 nitrogen and oxygen atoms in total. The van der Waals surface area contributed by atoms with Gasteiger partial charge in [-0.3, -0.25) is 4.98 Å². The van der Waals surface area contributed by atoms with Crippen LogP contribution < -0.4 is 5.32 Å². The number of rotatable bonds is 4. The van der Waals surface area contributed by atoms with E-state index >= 15 is 0 Å². The first kappa shape index (κ1) is 16.9. The van der Waals surface area contributed by atoms with Crippen molar-refractivity contribution in [3.63, 3.8) is 0 Å². The van der Waals surface area contributed by atoms with Gasteiger partial charge in [0.05, 0.1) is 14.9 Å². The number of hydrogen-bond donors (Lipinski definition) is 1. The molecular formula is C19H14Cl2N2S. The number of aryl methyl sites for hydroxylation is 1. The van der Waals surface area contributed by atoms with Gasteiger partial charge in [0, 0.05) is 34.9 Å². The maximum Gasteiger partial charge on any atom is 0.0676 e. The summed E-state index contributed by atoms with van der Waals surface area (Å²) in [7, 11) is 0. The van der Waals surface area contributed by atoms with Crippen molar-refractivity contribution in [2.75, 3.05) is 5.32 Å². The summed E-state index contributed by atoms with van der Waals surface area (Å²) in [5, 5.41) is 4.46. The third-order valence-corrected chi connectivity index (χ3v) is 4.71. The zero-order valence-corrected chi connectivity index (χ0v) is 15.2. The van der Waals surface area contributed by atoms with Crippen LogP contribution in [0.25, 0.3) is 0 Å². The molecule has 0 saturated carbocycles. The molecule has 1 aromatic heterocycles. The second-order valence-corrected chi connectivity index (χ2v) is 6.54. The lowest BCUT2D eigenvalue weighted by Gasteiger charge is -2.12. The highest BCUT2D eigenvalue weighted by molar-refractivity contribution is 7.81. The average molecular weight is 373 g/mol. The van der Waals surface area contributed by atoms with E-state index < -0.39 is 0 Å². The van der Waals surface area contributed by atoms with Gasteiger partial charge >= 0.3 is 0 Å². The number of para-hydroxylation sites is 1. The number of aromatic nitrogens is 1. The van der Waals surface area contributed by atoms with E-state index in [2.05, 4.69) is 23.3 Å².